The minimum Gasteiger partial charge on any atom is -0.386 e. The lowest BCUT2D eigenvalue weighted by molar-refractivity contribution is 0.0404. The molecule has 0 amide bonds. The Kier molecular flexibility index (Phi) is 41.2. The third-order valence-corrected chi connectivity index (χ3v) is 25.6. The molecule has 23 heteroatoms. The highest BCUT2D eigenvalue weighted by atomic mass is 16.3. The summed E-state index contributed by atoms with van der Waals surface area (Å²) >= 11 is 0. The maximum atomic E-state index is 10.9. The van der Waals surface area contributed by atoms with E-state index in [9.17, 15) is 117 Å². The molecule has 0 unspecified atom stereocenters. The van der Waals surface area contributed by atoms with Crippen molar-refractivity contribution in [2.45, 2.75) is 534 Å². The summed E-state index contributed by atoms with van der Waals surface area (Å²) in [5.41, 5.74) is -6.93. The summed E-state index contributed by atoms with van der Waals surface area (Å²) in [6, 6.07) is 10.2. The first-order chi connectivity index (χ1) is 61.3. The minimum absolute atomic E-state index is 0.533. The van der Waals surface area contributed by atoms with E-state index in [-0.39, 0.29) is 0 Å². The molecule has 0 spiro atoms. The maximum Gasteiger partial charge on any atom is 0.0847 e. The van der Waals surface area contributed by atoms with Gasteiger partial charge in [-0.3, -0.25) is 0 Å². The van der Waals surface area contributed by atoms with E-state index in [1.54, 1.807) is 355 Å². The van der Waals surface area contributed by atoms with Gasteiger partial charge in [-0.15, -0.1) is 0 Å². The van der Waals surface area contributed by atoms with Crippen molar-refractivity contribution < 1.29 is 117 Å². The van der Waals surface area contributed by atoms with Crippen LogP contribution in [-0.2, 0) is 167 Å². The zero-order chi connectivity index (χ0) is 113. The van der Waals surface area contributed by atoms with Crippen LogP contribution in [0.2, 0.25) is 0 Å². The highest BCUT2D eigenvalue weighted by molar-refractivity contribution is 5.61. The fourth-order valence-corrected chi connectivity index (χ4v) is 20.5. The Hall–Kier alpha value is -5.60. The zero-order valence-corrected chi connectivity index (χ0v) is 97.5. The van der Waals surface area contributed by atoms with E-state index in [0.29, 0.717) is 136 Å². The summed E-state index contributed by atoms with van der Waals surface area (Å²) in [6.07, 6.45) is 3.86. The van der Waals surface area contributed by atoms with Gasteiger partial charge in [-0.1, -0.05) is 41.5 Å². The highest BCUT2D eigenvalue weighted by Crippen LogP contribution is 2.52. The molecule has 0 saturated heterocycles. The molecule has 0 aliphatic rings. The van der Waals surface area contributed by atoms with E-state index in [2.05, 4.69) is 20.8 Å². The monoisotopic (exact) mass is 1990 g/mol. The number of rotatable bonds is 29. The minimum atomic E-state index is -1.20. The molecular formula is C118H200O23. The molecule has 6 rings (SSSR count). The lowest BCUT2D eigenvalue weighted by atomic mass is 9.71. The Morgan fingerprint density at radius 1 is 0.121 bits per heavy atom. The molecule has 6 aromatic carbocycles. The molecule has 0 heterocycles. The maximum absolute atomic E-state index is 10.9. The molecule has 23 N–H and O–H groups in total. The van der Waals surface area contributed by atoms with E-state index in [0.717, 1.165) is 69.3 Å². The van der Waals surface area contributed by atoms with Crippen molar-refractivity contribution in [3.63, 3.8) is 0 Å². The Balaban J connectivity index is 0.000000846. The second-order valence-electron chi connectivity index (χ2n) is 51.4. The van der Waals surface area contributed by atoms with Crippen molar-refractivity contribution >= 4 is 0 Å². The van der Waals surface area contributed by atoms with E-state index >= 15 is 0 Å². The third-order valence-electron chi connectivity index (χ3n) is 25.6. The molecule has 810 valence electrons. The molecule has 23 nitrogen and oxygen atoms in total. The summed E-state index contributed by atoms with van der Waals surface area (Å²) in [6.45, 7) is 90.9. The highest BCUT2D eigenvalue weighted by Gasteiger charge is 2.47. The quantitative estimate of drug-likeness (QED) is 0.0207. The Morgan fingerprint density at radius 2 is 0.199 bits per heavy atom. The van der Waals surface area contributed by atoms with Crippen LogP contribution >= 0.6 is 0 Å². The summed E-state index contributed by atoms with van der Waals surface area (Å²) in [5.74, 6) is 0. The predicted octanol–water partition coefficient (Wildman–Crippen LogP) is 19.0. The van der Waals surface area contributed by atoms with Gasteiger partial charge in [0.25, 0.3) is 0 Å². The van der Waals surface area contributed by atoms with Gasteiger partial charge in [-0.2, -0.15) is 0 Å². The molecule has 141 heavy (non-hydrogen) atoms. The molecule has 0 radical (unpaired) electrons. The molecular weight excluding hydrogens is 1790 g/mol. The van der Waals surface area contributed by atoms with Crippen LogP contribution in [0.3, 0.4) is 0 Å². The standard InChI is InChI=1S/C21H36O3.3C20H34O4.C19H32O4.C18H30O4/c1-10-13-16(19(4,5)22)14(11-2)18(21(8,9)24)15(12-3)17(13)20(6,7)23;3*1-10-12-15(19(6,7)23)13(17(2,3)21)11-14(18(4,5)22)16(12)20(8,9)24;1-11-14(18(6,7)22)12(16(2,3)20)10-13(17(4,5)21)15(11)19(8,9)23;1-15(2,19)11-9-13(17(5,6)21)14(18(7,8)22)10-12(11)16(3,4)20/h22-24H,10-12H2,1-9H3;3*11,21-24H,10H2,1-9H3;10,20-23H,1-9H3;9-10,19-22H,1-8H3. The second-order valence-corrected chi connectivity index (χ2v) is 51.4. The summed E-state index contributed by atoms with van der Waals surface area (Å²) in [7, 11) is 0. The van der Waals surface area contributed by atoms with E-state index in [1.807, 2.05) is 27.7 Å². The summed E-state index contributed by atoms with van der Waals surface area (Å²) in [5, 5.41) is 246. The molecule has 6 aromatic rings. The largest absolute Gasteiger partial charge is 0.386 e. The molecule has 0 aromatic heterocycles. The molecule has 0 bridgehead atoms. The zero-order valence-electron chi connectivity index (χ0n) is 97.5. The summed E-state index contributed by atoms with van der Waals surface area (Å²) in [4.78, 5) is 0. The number of hydrogen-bond acceptors (Lipinski definition) is 23. The van der Waals surface area contributed by atoms with E-state index in [4.69, 9.17) is 0 Å². The van der Waals surface area contributed by atoms with Gasteiger partial charge in [-0.05, 0) is 567 Å². The normalized spacial score (nSPS) is 14.1. The number of aliphatic hydroxyl groups is 23. The number of benzene rings is 6. The average Bonchev–Trinajstić information content (AvgIpc) is 0.584. The van der Waals surface area contributed by atoms with Crippen molar-refractivity contribution in [3.8, 4) is 0 Å². The Morgan fingerprint density at radius 3 is 0.277 bits per heavy atom. The smallest absolute Gasteiger partial charge is 0.0847 e. The number of hydrogen-bond donors (Lipinski definition) is 23. The van der Waals surface area contributed by atoms with Crippen LogP contribution in [0, 0.1) is 6.92 Å². The van der Waals surface area contributed by atoms with Gasteiger partial charge in [0.05, 0.1) is 129 Å². The van der Waals surface area contributed by atoms with E-state index < -0.39 is 129 Å². The van der Waals surface area contributed by atoms with Crippen molar-refractivity contribution in [2.75, 3.05) is 0 Å². The van der Waals surface area contributed by atoms with Gasteiger partial charge in [0.2, 0.25) is 0 Å². The van der Waals surface area contributed by atoms with Gasteiger partial charge in [0, 0.05) is 0 Å². The Bertz CT molecular complexity index is 4560. The molecule has 0 fully saturated rings. The van der Waals surface area contributed by atoms with Gasteiger partial charge in [-0.25, -0.2) is 0 Å². The molecule has 0 aliphatic heterocycles. The van der Waals surface area contributed by atoms with E-state index in [1.165, 1.54) is 0 Å². The topological polar surface area (TPSA) is 465 Å². The van der Waals surface area contributed by atoms with Crippen LogP contribution in [-0.4, -0.2) is 117 Å². The van der Waals surface area contributed by atoms with Crippen LogP contribution < -0.4 is 0 Å². The second kappa shape index (κ2) is 43.5. The molecule has 0 saturated carbocycles. The fraction of sp³-hybridized carbons (Fsp3) is 0.695. The average molecular weight is 1990 g/mol. The van der Waals surface area contributed by atoms with Gasteiger partial charge < -0.3 is 117 Å². The van der Waals surface area contributed by atoms with Crippen molar-refractivity contribution in [1.82, 2.24) is 0 Å². The van der Waals surface area contributed by atoms with Crippen LogP contribution in [0.15, 0.2) is 36.4 Å². The van der Waals surface area contributed by atoms with Gasteiger partial charge in [0.15, 0.2) is 0 Å². The van der Waals surface area contributed by atoms with Crippen LogP contribution in [0.4, 0.5) is 0 Å². The first-order valence-corrected chi connectivity index (χ1v) is 50.2. The SMILES string of the molecule is CC(C)(O)c1cc(C(C)(C)O)c(C(C)(C)O)cc1C(C)(C)O.CCc1c(C(C)(C)O)c(C(C)(C)O)cc(C(C)(C)O)c1C(C)(C)O.CCc1c(C(C)(C)O)c(C(C)(C)O)cc(C(C)(C)O)c1C(C)(C)O.CCc1c(C(C)(C)O)c(C(C)(C)O)cc(C(C)(C)O)c1C(C)(C)O.CCc1c(C(C)(C)O)c(CC)c(C(C)(C)O)c(CC)c1C(C)(C)O.Cc1c(C(C)(C)O)c(C(C)(C)O)cc(C(C)(C)O)c1C(C)(C)O. The van der Waals surface area contributed by atoms with Crippen LogP contribution in [0.1, 0.15) is 527 Å². The third kappa shape index (κ3) is 33.7. The molecule has 0 aliphatic carbocycles. The lowest BCUT2D eigenvalue weighted by Gasteiger charge is -2.38. The van der Waals surface area contributed by atoms with Gasteiger partial charge in [0.1, 0.15) is 0 Å². The van der Waals surface area contributed by atoms with Crippen LogP contribution in [0.5, 0.6) is 0 Å². The fourth-order valence-electron chi connectivity index (χ4n) is 20.5. The first kappa shape index (κ1) is 133. The van der Waals surface area contributed by atoms with Gasteiger partial charge >= 0.3 is 0 Å². The van der Waals surface area contributed by atoms with Crippen molar-refractivity contribution in [2.24, 2.45) is 0 Å². The predicted molar refractivity (Wildman–Crippen MR) is 570 cm³/mol. The van der Waals surface area contributed by atoms with Crippen LogP contribution in [0.25, 0.3) is 0 Å². The first-order valence-electron chi connectivity index (χ1n) is 50.2. The van der Waals surface area contributed by atoms with Crippen molar-refractivity contribution in [1.29, 1.82) is 0 Å². The molecule has 0 atom stereocenters. The summed E-state index contributed by atoms with van der Waals surface area (Å²) < 4.78 is 0. The lowest BCUT2D eigenvalue weighted by Crippen LogP contribution is -2.34. The van der Waals surface area contributed by atoms with Crippen molar-refractivity contribution in [3.05, 3.63) is 203 Å². The Labute approximate surface area is 850 Å².